The van der Waals surface area contributed by atoms with Crippen LogP contribution in [0.3, 0.4) is 0 Å². The summed E-state index contributed by atoms with van der Waals surface area (Å²) in [6.07, 6.45) is 2.47. The zero-order chi connectivity index (χ0) is 15.4. The summed E-state index contributed by atoms with van der Waals surface area (Å²) >= 11 is 0. The number of rotatable bonds is 5. The summed E-state index contributed by atoms with van der Waals surface area (Å²) in [5, 5.41) is 0. The van der Waals surface area contributed by atoms with E-state index in [1.165, 1.54) is 11.1 Å². The first-order valence-corrected chi connectivity index (χ1v) is 8.09. The average Bonchev–Trinajstić information content (AvgIpc) is 2.86. The van der Waals surface area contributed by atoms with Crippen molar-refractivity contribution in [2.75, 3.05) is 13.1 Å². The Balaban J connectivity index is 0.00000242. The van der Waals surface area contributed by atoms with E-state index < -0.39 is 0 Å². The number of benzene rings is 1. The molecule has 1 fully saturated rings. The summed E-state index contributed by atoms with van der Waals surface area (Å²) in [4.78, 5) is 14.4. The lowest BCUT2D eigenvalue weighted by Gasteiger charge is -2.21. The Morgan fingerprint density at radius 2 is 1.95 bits per heavy atom. The van der Waals surface area contributed by atoms with Gasteiger partial charge in [-0.25, -0.2) is 0 Å². The van der Waals surface area contributed by atoms with Crippen LogP contribution in [0.2, 0.25) is 0 Å². The topological polar surface area (TPSA) is 46.3 Å². The van der Waals surface area contributed by atoms with Crippen LogP contribution in [-0.2, 0) is 11.2 Å². The van der Waals surface area contributed by atoms with Gasteiger partial charge in [0.15, 0.2) is 0 Å². The predicted octanol–water partition coefficient (Wildman–Crippen LogP) is 3.36. The van der Waals surface area contributed by atoms with E-state index in [2.05, 4.69) is 45.0 Å². The van der Waals surface area contributed by atoms with Crippen LogP contribution in [0.25, 0.3) is 0 Å². The Morgan fingerprint density at radius 1 is 1.32 bits per heavy atom. The van der Waals surface area contributed by atoms with Gasteiger partial charge in [0.25, 0.3) is 0 Å². The van der Waals surface area contributed by atoms with Gasteiger partial charge in [0, 0.05) is 19.0 Å². The van der Waals surface area contributed by atoms with Crippen molar-refractivity contribution in [2.45, 2.75) is 52.0 Å². The van der Waals surface area contributed by atoms with Crippen LogP contribution in [0.5, 0.6) is 0 Å². The molecule has 2 N–H and O–H groups in total. The third-order valence-electron chi connectivity index (χ3n) is 4.59. The van der Waals surface area contributed by atoms with E-state index in [1.54, 1.807) is 0 Å². The minimum absolute atomic E-state index is 0. The summed E-state index contributed by atoms with van der Waals surface area (Å²) in [7, 11) is 0. The van der Waals surface area contributed by atoms with Gasteiger partial charge in [-0.1, -0.05) is 38.1 Å². The number of carbonyl (C=O) groups excluding carboxylic acids is 1. The lowest BCUT2D eigenvalue weighted by atomic mass is 10.00. The molecule has 1 aliphatic heterocycles. The smallest absolute Gasteiger partial charge is 0.223 e. The molecular formula is C18H29ClN2O. The van der Waals surface area contributed by atoms with Crippen molar-refractivity contribution in [3.63, 3.8) is 0 Å². The summed E-state index contributed by atoms with van der Waals surface area (Å²) < 4.78 is 0. The fourth-order valence-electron chi connectivity index (χ4n) is 3.12. The van der Waals surface area contributed by atoms with Gasteiger partial charge in [-0.15, -0.1) is 12.4 Å². The minimum Gasteiger partial charge on any atom is -0.340 e. The van der Waals surface area contributed by atoms with E-state index in [9.17, 15) is 4.79 Å². The lowest BCUT2D eigenvalue weighted by Crippen LogP contribution is -2.34. The van der Waals surface area contributed by atoms with Crippen LogP contribution in [0.1, 0.15) is 50.7 Å². The molecule has 4 heteroatoms. The number of nitrogens with two attached hydrogens (primary N) is 1. The molecule has 1 aromatic rings. The SMILES string of the molecule is CC(C)c1ccc(CCC(=O)N2CC(CN)CC2C)cc1.Cl. The summed E-state index contributed by atoms with van der Waals surface area (Å²) in [6, 6.07) is 8.99. The standard InChI is InChI=1S/C18H28N2O.ClH/c1-13(2)17-7-4-15(5-8-17)6-9-18(21)20-12-16(11-19)10-14(20)3;/h4-5,7-8,13-14,16H,6,9-12,19H2,1-3H3;1H. The Bertz CT molecular complexity index is 472. The van der Waals surface area contributed by atoms with Crippen molar-refractivity contribution in [3.05, 3.63) is 35.4 Å². The highest BCUT2D eigenvalue weighted by Crippen LogP contribution is 2.23. The van der Waals surface area contributed by atoms with Crippen LogP contribution < -0.4 is 5.73 Å². The second-order valence-corrected chi connectivity index (χ2v) is 6.63. The normalized spacial score (nSPS) is 21.0. The first-order chi connectivity index (χ1) is 10.0. The molecule has 2 unspecified atom stereocenters. The van der Waals surface area contributed by atoms with Gasteiger partial charge in [0.1, 0.15) is 0 Å². The highest BCUT2D eigenvalue weighted by atomic mass is 35.5. The highest BCUT2D eigenvalue weighted by Gasteiger charge is 2.30. The number of halogens is 1. The molecule has 0 radical (unpaired) electrons. The maximum absolute atomic E-state index is 12.4. The van der Waals surface area contributed by atoms with Crippen LogP contribution in [0.4, 0.5) is 0 Å². The molecule has 0 aliphatic carbocycles. The number of carbonyl (C=O) groups is 1. The van der Waals surface area contributed by atoms with Crippen molar-refractivity contribution in [1.82, 2.24) is 4.90 Å². The molecule has 1 amide bonds. The molecule has 0 saturated carbocycles. The van der Waals surface area contributed by atoms with E-state index in [0.717, 1.165) is 19.4 Å². The van der Waals surface area contributed by atoms with Crippen molar-refractivity contribution in [2.24, 2.45) is 11.7 Å². The molecule has 0 aromatic heterocycles. The second kappa shape index (κ2) is 8.54. The van der Waals surface area contributed by atoms with E-state index in [0.29, 0.717) is 30.8 Å². The molecule has 1 saturated heterocycles. The summed E-state index contributed by atoms with van der Waals surface area (Å²) in [6.45, 7) is 8.04. The number of likely N-dealkylation sites (tertiary alicyclic amines) is 1. The Kier molecular flexibility index (Phi) is 7.37. The van der Waals surface area contributed by atoms with Gasteiger partial charge < -0.3 is 10.6 Å². The Morgan fingerprint density at radius 3 is 2.45 bits per heavy atom. The third-order valence-corrected chi connectivity index (χ3v) is 4.59. The van der Waals surface area contributed by atoms with E-state index in [1.807, 2.05) is 4.90 Å². The number of amides is 1. The first kappa shape index (κ1) is 19.0. The first-order valence-electron chi connectivity index (χ1n) is 8.09. The van der Waals surface area contributed by atoms with Crippen LogP contribution in [-0.4, -0.2) is 29.9 Å². The fraction of sp³-hybridized carbons (Fsp3) is 0.611. The second-order valence-electron chi connectivity index (χ2n) is 6.63. The predicted molar refractivity (Wildman–Crippen MR) is 94.4 cm³/mol. The van der Waals surface area contributed by atoms with Gasteiger partial charge in [-0.3, -0.25) is 4.79 Å². The van der Waals surface area contributed by atoms with Crippen molar-refractivity contribution >= 4 is 18.3 Å². The molecule has 2 atom stereocenters. The molecule has 124 valence electrons. The molecule has 3 nitrogen and oxygen atoms in total. The maximum Gasteiger partial charge on any atom is 0.223 e. The number of aryl methyl sites for hydroxylation is 1. The molecule has 2 rings (SSSR count). The highest BCUT2D eigenvalue weighted by molar-refractivity contribution is 5.85. The van der Waals surface area contributed by atoms with E-state index in [-0.39, 0.29) is 18.3 Å². The molecule has 22 heavy (non-hydrogen) atoms. The van der Waals surface area contributed by atoms with Crippen LogP contribution >= 0.6 is 12.4 Å². The Labute approximate surface area is 140 Å². The average molecular weight is 325 g/mol. The van der Waals surface area contributed by atoms with Crippen LogP contribution in [0.15, 0.2) is 24.3 Å². The lowest BCUT2D eigenvalue weighted by molar-refractivity contribution is -0.131. The van der Waals surface area contributed by atoms with Gasteiger partial charge in [-0.05, 0) is 49.3 Å². The van der Waals surface area contributed by atoms with Crippen molar-refractivity contribution < 1.29 is 4.79 Å². The monoisotopic (exact) mass is 324 g/mol. The zero-order valence-corrected chi connectivity index (χ0v) is 14.7. The Hall–Kier alpha value is -1.06. The van der Waals surface area contributed by atoms with Crippen LogP contribution in [0, 0.1) is 5.92 Å². The van der Waals surface area contributed by atoms with Gasteiger partial charge in [0.2, 0.25) is 5.91 Å². The van der Waals surface area contributed by atoms with Gasteiger partial charge in [-0.2, -0.15) is 0 Å². The van der Waals surface area contributed by atoms with Crippen molar-refractivity contribution in [1.29, 1.82) is 0 Å². The fourth-order valence-corrected chi connectivity index (χ4v) is 3.12. The quantitative estimate of drug-likeness (QED) is 0.902. The summed E-state index contributed by atoms with van der Waals surface area (Å²) in [5.41, 5.74) is 8.32. The maximum atomic E-state index is 12.4. The molecule has 1 aliphatic rings. The number of hydrogen-bond donors (Lipinski definition) is 1. The molecule has 1 aromatic carbocycles. The van der Waals surface area contributed by atoms with Gasteiger partial charge in [0.05, 0.1) is 0 Å². The van der Waals surface area contributed by atoms with E-state index >= 15 is 0 Å². The van der Waals surface area contributed by atoms with E-state index in [4.69, 9.17) is 5.73 Å². The van der Waals surface area contributed by atoms with Gasteiger partial charge >= 0.3 is 0 Å². The minimum atomic E-state index is 0. The third kappa shape index (κ3) is 4.72. The zero-order valence-electron chi connectivity index (χ0n) is 13.9. The molecule has 0 spiro atoms. The summed E-state index contributed by atoms with van der Waals surface area (Å²) in [5.74, 6) is 1.31. The molecule has 0 bridgehead atoms. The molecule has 1 heterocycles. The molecular weight excluding hydrogens is 296 g/mol. The van der Waals surface area contributed by atoms with Crippen molar-refractivity contribution in [3.8, 4) is 0 Å². The number of hydrogen-bond acceptors (Lipinski definition) is 2. The largest absolute Gasteiger partial charge is 0.340 e. The number of nitrogens with zero attached hydrogens (tertiary/aromatic N) is 1.